The van der Waals surface area contributed by atoms with Crippen LogP contribution < -0.4 is 5.73 Å². The van der Waals surface area contributed by atoms with Gasteiger partial charge < -0.3 is 10.5 Å². The van der Waals surface area contributed by atoms with E-state index in [-0.39, 0.29) is 11.9 Å². The molecule has 2 aromatic rings. The molecule has 1 aliphatic rings. The van der Waals surface area contributed by atoms with Gasteiger partial charge in [-0.3, -0.25) is 9.69 Å². The summed E-state index contributed by atoms with van der Waals surface area (Å²) in [7, 11) is 1.66. The summed E-state index contributed by atoms with van der Waals surface area (Å²) in [4.78, 5) is 18.5. The highest BCUT2D eigenvalue weighted by Gasteiger charge is 2.30. The van der Waals surface area contributed by atoms with Crippen molar-refractivity contribution in [1.82, 2.24) is 9.88 Å². The smallest absolute Gasteiger partial charge is 0.235 e. The summed E-state index contributed by atoms with van der Waals surface area (Å²) in [5.74, 6) is -0.276. The zero-order valence-corrected chi connectivity index (χ0v) is 13.3. The number of aromatic nitrogens is 1. The van der Waals surface area contributed by atoms with Crippen molar-refractivity contribution in [3.05, 3.63) is 51.5 Å². The topological polar surface area (TPSA) is 68.4 Å². The fraction of sp³-hybridized carbons (Fsp3) is 0.375. The molecule has 0 saturated heterocycles. The molecule has 0 bridgehead atoms. The van der Waals surface area contributed by atoms with Gasteiger partial charge in [0.05, 0.1) is 18.3 Å². The molecule has 0 radical (unpaired) electrons. The molecule has 5 nitrogen and oxygen atoms in total. The number of nitrogens with zero attached hydrogens (tertiary/aromatic N) is 2. The molecule has 116 valence electrons. The molecule has 2 N–H and O–H groups in total. The number of nitrogens with two attached hydrogens (primary N) is 1. The monoisotopic (exact) mass is 317 g/mol. The van der Waals surface area contributed by atoms with E-state index in [4.69, 9.17) is 10.5 Å². The van der Waals surface area contributed by atoms with Crippen molar-refractivity contribution in [3.63, 3.8) is 0 Å². The van der Waals surface area contributed by atoms with Crippen LogP contribution in [0.25, 0.3) is 0 Å². The number of fused-ring (bicyclic) bond motifs is 1. The van der Waals surface area contributed by atoms with Crippen LogP contribution in [0.4, 0.5) is 0 Å². The molecule has 6 heteroatoms. The van der Waals surface area contributed by atoms with Crippen molar-refractivity contribution in [1.29, 1.82) is 0 Å². The summed E-state index contributed by atoms with van der Waals surface area (Å²) in [5, 5.41) is 2.97. The van der Waals surface area contributed by atoms with Crippen LogP contribution in [-0.4, -0.2) is 28.9 Å². The lowest BCUT2D eigenvalue weighted by atomic mass is 9.93. The van der Waals surface area contributed by atoms with E-state index < -0.39 is 0 Å². The van der Waals surface area contributed by atoms with E-state index in [9.17, 15) is 4.79 Å². The summed E-state index contributed by atoms with van der Waals surface area (Å²) >= 11 is 1.58. The number of primary amides is 1. The van der Waals surface area contributed by atoms with Gasteiger partial charge >= 0.3 is 0 Å². The molecule has 3 rings (SSSR count). The van der Waals surface area contributed by atoms with Gasteiger partial charge in [0.2, 0.25) is 5.91 Å². The van der Waals surface area contributed by atoms with Gasteiger partial charge in [0, 0.05) is 25.6 Å². The molecule has 1 amide bonds. The molecule has 0 unspecified atom stereocenters. The molecule has 22 heavy (non-hydrogen) atoms. The van der Waals surface area contributed by atoms with Gasteiger partial charge in [-0.05, 0) is 17.5 Å². The Morgan fingerprint density at radius 1 is 1.45 bits per heavy atom. The minimum Gasteiger partial charge on any atom is -0.378 e. The van der Waals surface area contributed by atoms with Crippen LogP contribution in [0.2, 0.25) is 0 Å². The first-order valence-electron chi connectivity index (χ1n) is 7.19. The van der Waals surface area contributed by atoms with Crippen molar-refractivity contribution in [2.24, 2.45) is 5.73 Å². The Hall–Kier alpha value is -1.76. The predicted molar refractivity (Wildman–Crippen MR) is 85.2 cm³/mol. The molecule has 0 spiro atoms. The van der Waals surface area contributed by atoms with Crippen molar-refractivity contribution in [2.45, 2.75) is 32.2 Å². The number of benzene rings is 1. The number of carbonyl (C=O) groups excluding carboxylic acids is 1. The van der Waals surface area contributed by atoms with E-state index in [2.05, 4.69) is 22.0 Å². The van der Waals surface area contributed by atoms with Crippen molar-refractivity contribution in [2.75, 3.05) is 7.11 Å². The predicted octanol–water partition coefficient (Wildman–Crippen LogP) is 1.70. The normalized spacial score (nSPS) is 18.1. The van der Waals surface area contributed by atoms with Gasteiger partial charge in [-0.1, -0.05) is 24.3 Å². The highest BCUT2D eigenvalue weighted by atomic mass is 32.1. The highest BCUT2D eigenvalue weighted by molar-refractivity contribution is 7.09. The quantitative estimate of drug-likeness (QED) is 0.911. The van der Waals surface area contributed by atoms with Crippen LogP contribution in [0.3, 0.4) is 0 Å². The Morgan fingerprint density at radius 3 is 2.95 bits per heavy atom. The molecule has 0 saturated carbocycles. The lowest BCUT2D eigenvalue weighted by Gasteiger charge is -2.34. The maximum absolute atomic E-state index is 11.8. The summed E-state index contributed by atoms with van der Waals surface area (Å²) in [6, 6.07) is 7.94. The Labute approximate surface area is 133 Å². The van der Waals surface area contributed by atoms with Crippen LogP contribution in [0.15, 0.2) is 29.6 Å². The van der Waals surface area contributed by atoms with Crippen molar-refractivity contribution in [3.8, 4) is 0 Å². The third-order valence-corrected chi connectivity index (χ3v) is 4.78. The van der Waals surface area contributed by atoms with Gasteiger partial charge in [0.25, 0.3) is 0 Å². The Bertz CT molecular complexity index is 671. The highest BCUT2D eigenvalue weighted by Crippen LogP contribution is 2.25. The number of amides is 1. The SMILES string of the molecule is COCc1nc(CN2Cc3ccccc3C[C@@H]2C(N)=O)cs1. The molecule has 1 aromatic carbocycles. The standard InChI is InChI=1S/C16H19N3O2S/c1-21-9-15-18-13(10-22-15)8-19-7-12-5-3-2-4-11(12)6-14(19)16(17)20/h2-5,10,14H,6-9H2,1H3,(H2,17,20)/t14-/m1/s1. The van der Waals surface area contributed by atoms with Crippen molar-refractivity contribution < 1.29 is 9.53 Å². The van der Waals surface area contributed by atoms with Crippen LogP contribution in [-0.2, 0) is 35.6 Å². The number of ether oxygens (including phenoxy) is 1. The molecule has 2 heterocycles. The van der Waals surface area contributed by atoms with E-state index in [0.29, 0.717) is 19.6 Å². The summed E-state index contributed by atoms with van der Waals surface area (Å²) in [5.41, 5.74) is 9.03. The minimum atomic E-state index is -0.276. The molecular formula is C16H19N3O2S. The number of rotatable bonds is 5. The fourth-order valence-electron chi connectivity index (χ4n) is 2.84. The summed E-state index contributed by atoms with van der Waals surface area (Å²) < 4.78 is 5.10. The zero-order valence-electron chi connectivity index (χ0n) is 12.5. The molecule has 0 aliphatic carbocycles. The number of hydrogen-bond acceptors (Lipinski definition) is 5. The van der Waals surface area contributed by atoms with E-state index in [1.54, 1.807) is 18.4 Å². The van der Waals surface area contributed by atoms with E-state index in [1.807, 2.05) is 17.5 Å². The van der Waals surface area contributed by atoms with Gasteiger partial charge in [-0.15, -0.1) is 11.3 Å². The molecule has 1 aromatic heterocycles. The van der Waals surface area contributed by atoms with Gasteiger partial charge in [-0.25, -0.2) is 4.98 Å². The summed E-state index contributed by atoms with van der Waals surface area (Å²) in [6.45, 7) is 1.87. The second-order valence-corrected chi connectivity index (χ2v) is 6.40. The average molecular weight is 317 g/mol. The van der Waals surface area contributed by atoms with Crippen molar-refractivity contribution >= 4 is 17.2 Å². The third kappa shape index (κ3) is 3.19. The third-order valence-electron chi connectivity index (χ3n) is 3.91. The van der Waals surface area contributed by atoms with E-state index in [0.717, 1.165) is 17.2 Å². The van der Waals surface area contributed by atoms with Gasteiger partial charge in [0.15, 0.2) is 0 Å². The maximum Gasteiger partial charge on any atom is 0.235 e. The largest absolute Gasteiger partial charge is 0.378 e. The van der Waals surface area contributed by atoms with E-state index in [1.165, 1.54) is 11.1 Å². The lowest BCUT2D eigenvalue weighted by Crippen LogP contribution is -2.48. The second-order valence-electron chi connectivity index (χ2n) is 5.46. The molecular weight excluding hydrogens is 298 g/mol. The number of thiazole rings is 1. The Balaban J connectivity index is 1.79. The van der Waals surface area contributed by atoms with E-state index >= 15 is 0 Å². The van der Waals surface area contributed by atoms with Crippen LogP contribution in [0.1, 0.15) is 21.8 Å². The number of carbonyl (C=O) groups is 1. The van der Waals surface area contributed by atoms with Crippen LogP contribution >= 0.6 is 11.3 Å². The number of methoxy groups -OCH3 is 1. The van der Waals surface area contributed by atoms with Crippen LogP contribution in [0.5, 0.6) is 0 Å². The Kier molecular flexibility index (Phi) is 4.52. The lowest BCUT2D eigenvalue weighted by molar-refractivity contribution is -0.124. The molecule has 0 fully saturated rings. The molecule has 1 aliphatic heterocycles. The van der Waals surface area contributed by atoms with Gasteiger partial charge in [0.1, 0.15) is 5.01 Å². The first-order valence-corrected chi connectivity index (χ1v) is 8.07. The van der Waals surface area contributed by atoms with Gasteiger partial charge in [-0.2, -0.15) is 0 Å². The first-order chi connectivity index (χ1) is 10.7. The maximum atomic E-state index is 11.8. The summed E-state index contributed by atoms with van der Waals surface area (Å²) in [6.07, 6.45) is 0.667. The Morgan fingerprint density at radius 2 is 2.23 bits per heavy atom. The zero-order chi connectivity index (χ0) is 15.5. The fourth-order valence-corrected chi connectivity index (χ4v) is 3.60. The first kappa shape index (κ1) is 15.1. The number of hydrogen-bond donors (Lipinski definition) is 1. The second kappa shape index (κ2) is 6.56. The molecule has 1 atom stereocenters. The minimum absolute atomic E-state index is 0.275. The average Bonchev–Trinajstić information content (AvgIpc) is 2.94. The van der Waals surface area contributed by atoms with Crippen LogP contribution in [0, 0.1) is 0 Å².